The molecule has 1 aromatic carbocycles. The van der Waals surface area contributed by atoms with Gasteiger partial charge in [-0.05, 0) is 26.0 Å². The molecule has 3 N–H and O–H groups in total. The van der Waals surface area contributed by atoms with Gasteiger partial charge in [0.25, 0.3) is 0 Å². The van der Waals surface area contributed by atoms with E-state index in [9.17, 15) is 4.79 Å². The van der Waals surface area contributed by atoms with Gasteiger partial charge in [-0.15, -0.1) is 11.3 Å². The van der Waals surface area contributed by atoms with Gasteiger partial charge in [-0.25, -0.2) is 4.98 Å². The number of benzene rings is 1. The van der Waals surface area contributed by atoms with Crippen LogP contribution in [-0.4, -0.2) is 24.0 Å². The van der Waals surface area contributed by atoms with Crippen LogP contribution in [0.3, 0.4) is 0 Å². The Morgan fingerprint density at radius 2 is 2.29 bits per heavy atom. The first-order chi connectivity index (χ1) is 9.99. The second-order valence-corrected chi connectivity index (χ2v) is 5.83. The Morgan fingerprint density at radius 3 is 2.95 bits per heavy atom. The largest absolute Gasteiger partial charge is 0.496 e. The number of aromatic nitrogens is 1. The van der Waals surface area contributed by atoms with Crippen molar-refractivity contribution in [1.82, 2.24) is 4.98 Å². The molecule has 112 valence electrons. The Labute approximate surface area is 128 Å². The predicted octanol–water partition coefficient (Wildman–Crippen LogP) is 2.80. The Morgan fingerprint density at radius 1 is 1.52 bits per heavy atom. The van der Waals surface area contributed by atoms with Crippen LogP contribution in [0.1, 0.15) is 18.9 Å². The molecule has 2 rings (SSSR count). The molecule has 1 aromatic heterocycles. The average molecular weight is 305 g/mol. The zero-order valence-corrected chi connectivity index (χ0v) is 13.2. The fourth-order valence-corrected chi connectivity index (χ4v) is 2.67. The maximum absolute atomic E-state index is 11.7. The Balaban J connectivity index is 2.20. The van der Waals surface area contributed by atoms with Gasteiger partial charge in [0.1, 0.15) is 5.75 Å². The molecule has 1 amide bonds. The van der Waals surface area contributed by atoms with E-state index in [2.05, 4.69) is 10.3 Å². The smallest absolute Gasteiger partial charge is 0.227 e. The number of hydrogen-bond donors (Lipinski definition) is 2. The van der Waals surface area contributed by atoms with Crippen molar-refractivity contribution in [2.75, 3.05) is 12.4 Å². The number of hydrogen-bond acceptors (Lipinski definition) is 5. The molecule has 0 aliphatic carbocycles. The van der Waals surface area contributed by atoms with E-state index >= 15 is 0 Å². The molecule has 5 nitrogen and oxygen atoms in total. The molecule has 0 saturated carbocycles. The summed E-state index contributed by atoms with van der Waals surface area (Å²) in [6.45, 7) is 3.81. The Kier molecular flexibility index (Phi) is 4.93. The van der Waals surface area contributed by atoms with Crippen LogP contribution in [0.5, 0.6) is 5.75 Å². The lowest BCUT2D eigenvalue weighted by Crippen LogP contribution is -2.23. The van der Waals surface area contributed by atoms with Crippen molar-refractivity contribution in [2.45, 2.75) is 26.3 Å². The first-order valence-electron chi connectivity index (χ1n) is 6.65. The average Bonchev–Trinajstić information content (AvgIpc) is 2.85. The van der Waals surface area contributed by atoms with Crippen LogP contribution in [0.2, 0.25) is 0 Å². The van der Waals surface area contributed by atoms with Crippen LogP contribution < -0.4 is 15.8 Å². The summed E-state index contributed by atoms with van der Waals surface area (Å²) >= 11 is 1.39. The van der Waals surface area contributed by atoms with Crippen LogP contribution in [0.25, 0.3) is 11.3 Å². The maximum atomic E-state index is 11.7. The highest BCUT2D eigenvalue weighted by molar-refractivity contribution is 7.14. The van der Waals surface area contributed by atoms with Crippen LogP contribution >= 0.6 is 11.3 Å². The zero-order valence-electron chi connectivity index (χ0n) is 12.3. The fourth-order valence-electron chi connectivity index (χ4n) is 1.94. The van der Waals surface area contributed by atoms with E-state index in [0.717, 1.165) is 22.6 Å². The molecule has 0 aliphatic rings. The summed E-state index contributed by atoms with van der Waals surface area (Å²) in [4.78, 5) is 16.1. The quantitative estimate of drug-likeness (QED) is 0.890. The van der Waals surface area contributed by atoms with Crippen LogP contribution in [0, 0.1) is 6.92 Å². The summed E-state index contributed by atoms with van der Waals surface area (Å²) in [7, 11) is 1.63. The number of rotatable bonds is 5. The lowest BCUT2D eigenvalue weighted by Gasteiger charge is -2.07. The third-order valence-corrected chi connectivity index (χ3v) is 3.65. The van der Waals surface area contributed by atoms with E-state index in [-0.39, 0.29) is 18.4 Å². The molecule has 1 heterocycles. The van der Waals surface area contributed by atoms with E-state index in [0.29, 0.717) is 5.13 Å². The van der Waals surface area contributed by atoms with Gasteiger partial charge in [-0.2, -0.15) is 0 Å². The number of methoxy groups -OCH3 is 1. The number of ether oxygens (including phenoxy) is 1. The molecule has 0 bridgehead atoms. The van der Waals surface area contributed by atoms with Gasteiger partial charge in [-0.3, -0.25) is 4.79 Å². The Hall–Kier alpha value is -1.92. The van der Waals surface area contributed by atoms with Crippen LogP contribution in [-0.2, 0) is 4.79 Å². The van der Waals surface area contributed by atoms with E-state index in [1.54, 1.807) is 14.0 Å². The highest BCUT2D eigenvalue weighted by Crippen LogP contribution is 2.32. The summed E-state index contributed by atoms with van der Waals surface area (Å²) in [5, 5.41) is 5.23. The SMILES string of the molecule is COc1ccc(C)cc1-c1csc(NC(=O)CC(C)N)n1. The molecule has 0 fully saturated rings. The van der Waals surface area contributed by atoms with E-state index in [1.807, 2.05) is 30.5 Å². The maximum Gasteiger partial charge on any atom is 0.227 e. The van der Waals surface area contributed by atoms with Crippen LogP contribution in [0.15, 0.2) is 23.6 Å². The lowest BCUT2D eigenvalue weighted by atomic mass is 10.1. The molecule has 1 atom stereocenters. The predicted molar refractivity (Wildman–Crippen MR) is 85.7 cm³/mol. The van der Waals surface area contributed by atoms with Gasteiger partial charge in [0.05, 0.1) is 12.8 Å². The molecule has 2 aromatic rings. The molecular formula is C15H19N3O2S. The minimum absolute atomic E-state index is 0.123. The lowest BCUT2D eigenvalue weighted by molar-refractivity contribution is -0.116. The van der Waals surface area contributed by atoms with Gasteiger partial charge in [0, 0.05) is 23.4 Å². The van der Waals surface area contributed by atoms with Gasteiger partial charge < -0.3 is 15.8 Å². The number of nitrogens with one attached hydrogen (secondary N) is 1. The number of amides is 1. The topological polar surface area (TPSA) is 77.2 Å². The number of carbonyl (C=O) groups excluding carboxylic acids is 1. The number of nitrogens with zero attached hydrogens (tertiary/aromatic N) is 1. The van der Waals surface area contributed by atoms with Gasteiger partial charge in [0.2, 0.25) is 5.91 Å². The first kappa shape index (κ1) is 15.5. The molecule has 0 radical (unpaired) electrons. The third kappa shape index (κ3) is 4.03. The summed E-state index contributed by atoms with van der Waals surface area (Å²) < 4.78 is 5.36. The molecule has 0 spiro atoms. The summed E-state index contributed by atoms with van der Waals surface area (Å²) in [5.41, 5.74) is 8.44. The highest BCUT2D eigenvalue weighted by Gasteiger charge is 2.12. The molecular weight excluding hydrogens is 286 g/mol. The standard InChI is InChI=1S/C15H19N3O2S/c1-9-4-5-13(20-3)11(6-9)12-8-21-15(17-12)18-14(19)7-10(2)16/h4-6,8,10H,7,16H2,1-3H3,(H,17,18,19). The second kappa shape index (κ2) is 6.69. The van der Waals surface area contributed by atoms with Crippen molar-refractivity contribution >= 4 is 22.4 Å². The van der Waals surface area contributed by atoms with Crippen molar-refractivity contribution in [3.63, 3.8) is 0 Å². The fraction of sp³-hybridized carbons (Fsp3) is 0.333. The molecule has 1 unspecified atom stereocenters. The van der Waals surface area contributed by atoms with E-state index in [1.165, 1.54) is 11.3 Å². The van der Waals surface area contributed by atoms with Crippen molar-refractivity contribution in [3.8, 4) is 17.0 Å². The highest BCUT2D eigenvalue weighted by atomic mass is 32.1. The first-order valence-corrected chi connectivity index (χ1v) is 7.53. The van der Waals surface area contributed by atoms with Crippen molar-refractivity contribution in [2.24, 2.45) is 5.73 Å². The van der Waals surface area contributed by atoms with Crippen molar-refractivity contribution in [3.05, 3.63) is 29.1 Å². The molecule has 0 aliphatic heterocycles. The second-order valence-electron chi connectivity index (χ2n) is 4.97. The van der Waals surface area contributed by atoms with Crippen molar-refractivity contribution < 1.29 is 9.53 Å². The van der Waals surface area contributed by atoms with E-state index < -0.39 is 0 Å². The zero-order chi connectivity index (χ0) is 15.4. The Bertz CT molecular complexity index is 638. The van der Waals surface area contributed by atoms with Gasteiger partial charge in [-0.1, -0.05) is 11.6 Å². The third-order valence-electron chi connectivity index (χ3n) is 2.89. The summed E-state index contributed by atoms with van der Waals surface area (Å²) in [6, 6.07) is 5.75. The van der Waals surface area contributed by atoms with Gasteiger partial charge in [0.15, 0.2) is 5.13 Å². The molecule has 0 saturated heterocycles. The van der Waals surface area contributed by atoms with E-state index in [4.69, 9.17) is 10.5 Å². The molecule has 21 heavy (non-hydrogen) atoms. The normalized spacial score (nSPS) is 12.0. The number of nitrogens with two attached hydrogens (primary N) is 1. The van der Waals surface area contributed by atoms with Gasteiger partial charge >= 0.3 is 0 Å². The monoisotopic (exact) mass is 305 g/mol. The number of aryl methyl sites for hydroxylation is 1. The van der Waals surface area contributed by atoms with Crippen LogP contribution in [0.4, 0.5) is 5.13 Å². The minimum atomic E-state index is -0.165. The number of thiazole rings is 1. The molecule has 6 heteroatoms. The van der Waals surface area contributed by atoms with Crippen molar-refractivity contribution in [1.29, 1.82) is 0 Å². The number of anilines is 1. The number of carbonyl (C=O) groups is 1. The summed E-state index contributed by atoms with van der Waals surface area (Å²) in [5.74, 6) is 0.640. The summed E-state index contributed by atoms with van der Waals surface area (Å²) in [6.07, 6.45) is 0.280. The minimum Gasteiger partial charge on any atom is -0.496 e.